The Morgan fingerprint density at radius 3 is 2.31 bits per heavy atom. The second-order valence-corrected chi connectivity index (χ2v) is 6.58. The van der Waals surface area contributed by atoms with Crippen LogP contribution >= 0.6 is 11.6 Å². The highest BCUT2D eigenvalue weighted by Crippen LogP contribution is 2.42. The molecule has 1 amide bonds. The van der Waals surface area contributed by atoms with Crippen LogP contribution in [-0.2, 0) is 14.4 Å². The van der Waals surface area contributed by atoms with Gasteiger partial charge in [0.05, 0.1) is 22.1 Å². The summed E-state index contributed by atoms with van der Waals surface area (Å²) >= 11 is 5.82. The number of hydrogen-bond acceptors (Lipinski definition) is 6. The van der Waals surface area contributed by atoms with E-state index >= 15 is 0 Å². The first-order chi connectivity index (χ1) is 13.7. The van der Waals surface area contributed by atoms with Crippen molar-refractivity contribution < 1.29 is 29.5 Å². The Balaban J connectivity index is 2.28. The molecule has 1 aliphatic heterocycles. The number of aliphatic hydroxyl groups is 1. The molecule has 148 valence electrons. The molecule has 1 heterocycles. The number of aliphatic carboxylic acids is 1. The number of nitro benzene ring substituents is 1. The Morgan fingerprint density at radius 2 is 1.72 bits per heavy atom. The number of hydrogen-bond donors (Lipinski definition) is 2. The summed E-state index contributed by atoms with van der Waals surface area (Å²) in [6.45, 7) is -0.876. The number of amides is 1. The number of likely N-dealkylation sites (tertiary alicyclic amines) is 1. The first-order valence-electron chi connectivity index (χ1n) is 8.21. The van der Waals surface area contributed by atoms with E-state index in [-0.39, 0.29) is 11.1 Å². The van der Waals surface area contributed by atoms with E-state index < -0.39 is 52.2 Å². The van der Waals surface area contributed by atoms with E-state index in [1.54, 1.807) is 0 Å². The average molecular weight is 417 g/mol. The monoisotopic (exact) mass is 416 g/mol. The number of Topliss-reactive ketones (excluding diaryl/α,β-unsaturated/α-hetero) is 1. The lowest BCUT2D eigenvalue weighted by atomic mass is 9.94. The van der Waals surface area contributed by atoms with Crippen LogP contribution in [0.3, 0.4) is 0 Å². The number of carbonyl (C=O) groups excluding carboxylic acids is 2. The molecular weight excluding hydrogens is 404 g/mol. The van der Waals surface area contributed by atoms with Gasteiger partial charge in [0.2, 0.25) is 0 Å². The van der Waals surface area contributed by atoms with E-state index in [2.05, 4.69) is 0 Å². The lowest BCUT2D eigenvalue weighted by molar-refractivity contribution is -0.385. The highest BCUT2D eigenvalue weighted by Gasteiger charge is 2.48. The first-order valence-corrected chi connectivity index (χ1v) is 8.59. The SMILES string of the molecule is O=C(O)CN1C(=O)C(=O)C(=C(O)c2ccc(Cl)cc2)[C@H]1c1ccccc1[N+](=O)[O-]. The van der Waals surface area contributed by atoms with E-state index in [0.717, 1.165) is 0 Å². The van der Waals surface area contributed by atoms with Crippen molar-refractivity contribution >= 4 is 40.7 Å². The molecule has 2 aromatic rings. The predicted molar refractivity (Wildman–Crippen MR) is 101 cm³/mol. The molecule has 0 unspecified atom stereocenters. The maximum atomic E-state index is 12.6. The number of halogens is 1. The van der Waals surface area contributed by atoms with Gasteiger partial charge in [-0.2, -0.15) is 0 Å². The molecule has 0 aromatic heterocycles. The first kappa shape index (κ1) is 20.0. The molecule has 2 N–H and O–H groups in total. The number of nitrogens with zero attached hydrogens (tertiary/aromatic N) is 2. The summed E-state index contributed by atoms with van der Waals surface area (Å²) in [6, 6.07) is 9.57. The van der Waals surface area contributed by atoms with Gasteiger partial charge >= 0.3 is 5.97 Å². The van der Waals surface area contributed by atoms with Gasteiger partial charge in [-0.25, -0.2) is 0 Å². The quantitative estimate of drug-likeness (QED) is 0.251. The molecule has 1 saturated heterocycles. The lowest BCUT2D eigenvalue weighted by Crippen LogP contribution is -2.34. The third-order valence-corrected chi connectivity index (χ3v) is 4.64. The second-order valence-electron chi connectivity index (χ2n) is 6.14. The maximum absolute atomic E-state index is 12.6. The predicted octanol–water partition coefficient (Wildman–Crippen LogP) is 2.75. The summed E-state index contributed by atoms with van der Waals surface area (Å²) in [5.41, 5.74) is -0.801. The number of ketones is 1. The van der Waals surface area contributed by atoms with Crippen LogP contribution < -0.4 is 0 Å². The number of rotatable bonds is 5. The summed E-state index contributed by atoms with van der Waals surface area (Å²) in [5, 5.41) is 31.7. The average Bonchev–Trinajstić information content (AvgIpc) is 2.92. The standard InChI is InChI=1S/C19H13ClN2O7/c20-11-7-5-10(6-8-11)17(25)15-16(12-3-1-2-4-13(12)22(28)29)21(9-14(23)24)19(27)18(15)26/h1-8,16,25H,9H2,(H,23,24)/t16-/m1/s1. The van der Waals surface area contributed by atoms with Crippen LogP contribution in [0.15, 0.2) is 54.1 Å². The van der Waals surface area contributed by atoms with Gasteiger partial charge in [0.1, 0.15) is 12.3 Å². The molecule has 0 aliphatic carbocycles. The van der Waals surface area contributed by atoms with Crippen LogP contribution in [0.1, 0.15) is 17.2 Å². The molecule has 3 rings (SSSR count). The molecule has 1 aliphatic rings. The number of nitro groups is 1. The zero-order valence-corrected chi connectivity index (χ0v) is 15.4. The Morgan fingerprint density at radius 1 is 1.10 bits per heavy atom. The van der Waals surface area contributed by atoms with Gasteiger partial charge in [-0.1, -0.05) is 23.7 Å². The minimum Gasteiger partial charge on any atom is -0.507 e. The van der Waals surface area contributed by atoms with Gasteiger partial charge in [-0.05, 0) is 30.3 Å². The van der Waals surface area contributed by atoms with Crippen molar-refractivity contribution in [2.45, 2.75) is 6.04 Å². The number of benzene rings is 2. The highest BCUT2D eigenvalue weighted by atomic mass is 35.5. The summed E-state index contributed by atoms with van der Waals surface area (Å²) < 4.78 is 0. The Kier molecular flexibility index (Phi) is 5.33. The topological polar surface area (TPSA) is 138 Å². The summed E-state index contributed by atoms with van der Waals surface area (Å²) in [6.07, 6.45) is 0. The summed E-state index contributed by atoms with van der Waals surface area (Å²) in [7, 11) is 0. The van der Waals surface area contributed by atoms with Crippen LogP contribution in [0.2, 0.25) is 5.02 Å². The van der Waals surface area contributed by atoms with E-state index in [4.69, 9.17) is 16.7 Å². The van der Waals surface area contributed by atoms with Gasteiger partial charge in [-0.3, -0.25) is 24.5 Å². The third-order valence-electron chi connectivity index (χ3n) is 4.39. The number of carbonyl (C=O) groups is 3. The van der Waals surface area contributed by atoms with Crippen molar-refractivity contribution in [2.75, 3.05) is 6.54 Å². The fourth-order valence-electron chi connectivity index (χ4n) is 3.16. The van der Waals surface area contributed by atoms with Crippen LogP contribution in [0, 0.1) is 10.1 Å². The molecule has 1 atom stereocenters. The second kappa shape index (κ2) is 7.72. The molecule has 0 spiro atoms. The van der Waals surface area contributed by atoms with Crippen LogP contribution in [0.4, 0.5) is 5.69 Å². The molecule has 1 fully saturated rings. The summed E-state index contributed by atoms with van der Waals surface area (Å²) in [4.78, 5) is 47.8. The fourth-order valence-corrected chi connectivity index (χ4v) is 3.29. The lowest BCUT2D eigenvalue weighted by Gasteiger charge is -2.23. The van der Waals surface area contributed by atoms with Crippen molar-refractivity contribution in [1.82, 2.24) is 4.90 Å². The number of carboxylic acids is 1. The normalized spacial score (nSPS) is 18.1. The third kappa shape index (κ3) is 3.67. The van der Waals surface area contributed by atoms with Gasteiger partial charge in [0.25, 0.3) is 17.4 Å². The van der Waals surface area contributed by atoms with Crippen LogP contribution in [0.25, 0.3) is 5.76 Å². The molecular formula is C19H13ClN2O7. The number of carboxylic acid groups (broad SMARTS) is 1. The van der Waals surface area contributed by atoms with E-state index in [9.17, 15) is 29.6 Å². The van der Waals surface area contributed by atoms with Gasteiger partial charge in [-0.15, -0.1) is 0 Å². The molecule has 10 heteroatoms. The minimum atomic E-state index is -1.44. The van der Waals surface area contributed by atoms with Crippen LogP contribution in [0.5, 0.6) is 0 Å². The maximum Gasteiger partial charge on any atom is 0.323 e. The fraction of sp³-hybridized carbons (Fsp3) is 0.105. The Bertz CT molecular complexity index is 1060. The van der Waals surface area contributed by atoms with Crippen molar-refractivity contribution in [3.05, 3.63) is 80.4 Å². The molecule has 0 bridgehead atoms. The van der Waals surface area contributed by atoms with Crippen molar-refractivity contribution in [3.8, 4) is 0 Å². The van der Waals surface area contributed by atoms with Crippen molar-refractivity contribution in [2.24, 2.45) is 0 Å². The van der Waals surface area contributed by atoms with Gasteiger partial charge in [0.15, 0.2) is 0 Å². The van der Waals surface area contributed by atoms with Crippen molar-refractivity contribution in [3.63, 3.8) is 0 Å². The number of aliphatic hydroxyl groups excluding tert-OH is 1. The summed E-state index contributed by atoms with van der Waals surface area (Å²) in [5.74, 6) is -4.31. The highest BCUT2D eigenvalue weighted by molar-refractivity contribution is 6.47. The van der Waals surface area contributed by atoms with Crippen molar-refractivity contribution in [1.29, 1.82) is 0 Å². The Hall–Kier alpha value is -3.72. The molecule has 9 nitrogen and oxygen atoms in total. The van der Waals surface area contributed by atoms with Gasteiger partial charge < -0.3 is 15.1 Å². The zero-order valence-electron chi connectivity index (χ0n) is 14.6. The number of para-hydroxylation sites is 1. The minimum absolute atomic E-state index is 0.0894. The van der Waals surface area contributed by atoms with E-state index in [1.165, 1.54) is 48.5 Å². The zero-order chi connectivity index (χ0) is 21.3. The molecule has 29 heavy (non-hydrogen) atoms. The molecule has 0 saturated carbocycles. The van der Waals surface area contributed by atoms with E-state index in [1.807, 2.05) is 0 Å². The van der Waals surface area contributed by atoms with E-state index in [0.29, 0.717) is 9.92 Å². The largest absolute Gasteiger partial charge is 0.507 e. The molecule has 0 radical (unpaired) electrons. The molecule has 2 aromatic carbocycles. The van der Waals surface area contributed by atoms with Crippen LogP contribution in [-0.4, -0.2) is 44.2 Å². The van der Waals surface area contributed by atoms with Gasteiger partial charge in [0, 0.05) is 16.7 Å². The smallest absolute Gasteiger partial charge is 0.323 e. The Labute approximate surface area is 168 Å².